The summed E-state index contributed by atoms with van der Waals surface area (Å²) in [4.78, 5) is 26.0. The second-order valence-corrected chi connectivity index (χ2v) is 8.31. The molecular weight excluding hydrogens is 438 g/mol. The van der Waals surface area contributed by atoms with Crippen LogP contribution < -0.4 is 0 Å². The zero-order chi connectivity index (χ0) is 24.3. The number of hydrogen-bond donors (Lipinski definition) is 1. The lowest BCUT2D eigenvalue weighted by molar-refractivity contribution is -0.00577. The van der Waals surface area contributed by atoms with Gasteiger partial charge in [0.05, 0.1) is 64.0 Å². The van der Waals surface area contributed by atoms with Gasteiger partial charge in [-0.15, -0.1) is 0 Å². The maximum atomic E-state index is 12.3. The van der Waals surface area contributed by atoms with E-state index in [2.05, 4.69) is 0 Å². The van der Waals surface area contributed by atoms with Gasteiger partial charge in [0.1, 0.15) is 0 Å². The third kappa shape index (κ3) is 11.1. The third-order valence-electron chi connectivity index (χ3n) is 5.65. The summed E-state index contributed by atoms with van der Waals surface area (Å²) in [7, 11) is 0. The molecule has 0 fully saturated rings. The Morgan fingerprint density at radius 2 is 0.971 bits per heavy atom. The minimum atomic E-state index is -0.153. The summed E-state index contributed by atoms with van der Waals surface area (Å²) in [6.45, 7) is 4.92. The van der Waals surface area contributed by atoms with Crippen molar-refractivity contribution in [1.82, 2.24) is 4.90 Å². The zero-order valence-corrected chi connectivity index (χ0v) is 20.4. The number of carbonyl (C=O) groups excluding carboxylic acids is 2. The Kier molecular flexibility index (Phi) is 15.4. The Labute approximate surface area is 203 Å². The van der Waals surface area contributed by atoms with Gasteiger partial charge in [0, 0.05) is 13.2 Å². The number of ether oxygens (including phenoxy) is 4. The molecule has 1 aromatic carbocycles. The molecule has 34 heavy (non-hydrogen) atoms. The van der Waals surface area contributed by atoms with E-state index in [1.165, 1.54) is 30.6 Å². The van der Waals surface area contributed by atoms with Crippen molar-refractivity contribution in [3.8, 4) is 0 Å². The molecule has 8 nitrogen and oxygen atoms in total. The van der Waals surface area contributed by atoms with E-state index in [0.717, 1.165) is 32.3 Å². The van der Waals surface area contributed by atoms with Crippen molar-refractivity contribution >= 4 is 11.8 Å². The van der Waals surface area contributed by atoms with Crippen molar-refractivity contribution in [2.45, 2.75) is 51.4 Å². The van der Waals surface area contributed by atoms with Crippen molar-refractivity contribution in [2.24, 2.45) is 0 Å². The predicted octanol–water partition coefficient (Wildman–Crippen LogP) is 3.46. The molecule has 0 saturated carbocycles. The van der Waals surface area contributed by atoms with Crippen LogP contribution in [0.3, 0.4) is 0 Å². The summed E-state index contributed by atoms with van der Waals surface area (Å²) < 4.78 is 21.5. The van der Waals surface area contributed by atoms with Gasteiger partial charge in [0.25, 0.3) is 11.8 Å². The van der Waals surface area contributed by atoms with Crippen LogP contribution >= 0.6 is 0 Å². The van der Waals surface area contributed by atoms with E-state index in [-0.39, 0.29) is 18.4 Å². The van der Waals surface area contributed by atoms with Crippen LogP contribution in [0.2, 0.25) is 0 Å². The second kappa shape index (κ2) is 18.5. The van der Waals surface area contributed by atoms with Gasteiger partial charge in [-0.3, -0.25) is 14.5 Å². The zero-order valence-electron chi connectivity index (χ0n) is 20.4. The Balaban J connectivity index is 1.29. The summed E-state index contributed by atoms with van der Waals surface area (Å²) in [5, 5.41) is 8.56. The van der Waals surface area contributed by atoms with Crippen LogP contribution in [0.25, 0.3) is 0 Å². The van der Waals surface area contributed by atoms with E-state index < -0.39 is 0 Å². The molecule has 0 saturated heterocycles. The lowest BCUT2D eigenvalue weighted by Gasteiger charge is -2.13. The molecule has 0 spiro atoms. The molecule has 2 rings (SSSR count). The van der Waals surface area contributed by atoms with Crippen LogP contribution in [-0.4, -0.2) is 87.8 Å². The molecule has 0 unspecified atom stereocenters. The predicted molar refractivity (Wildman–Crippen MR) is 129 cm³/mol. The number of unbranched alkanes of at least 4 members (excludes halogenated alkanes) is 7. The van der Waals surface area contributed by atoms with Crippen molar-refractivity contribution < 1.29 is 33.6 Å². The van der Waals surface area contributed by atoms with Gasteiger partial charge >= 0.3 is 0 Å². The number of fused-ring (bicyclic) bond motifs is 1. The first-order valence-electron chi connectivity index (χ1n) is 12.6. The number of imide groups is 1. The molecule has 0 radical (unpaired) electrons. The van der Waals surface area contributed by atoms with Crippen LogP contribution in [0, 0.1) is 0 Å². The number of hydrogen-bond acceptors (Lipinski definition) is 7. The molecule has 8 heteroatoms. The Morgan fingerprint density at radius 1 is 0.559 bits per heavy atom. The first-order valence-corrected chi connectivity index (χ1v) is 12.6. The molecule has 1 aliphatic rings. The van der Waals surface area contributed by atoms with Crippen LogP contribution in [0.1, 0.15) is 72.1 Å². The fraction of sp³-hybridized carbons (Fsp3) is 0.692. The Bertz CT molecular complexity index is 662. The second-order valence-electron chi connectivity index (χ2n) is 8.31. The van der Waals surface area contributed by atoms with E-state index in [9.17, 15) is 9.59 Å². The highest BCUT2D eigenvalue weighted by Crippen LogP contribution is 2.23. The van der Waals surface area contributed by atoms with Crippen LogP contribution in [-0.2, 0) is 18.9 Å². The fourth-order valence-corrected chi connectivity index (χ4v) is 3.80. The highest BCUT2D eigenvalue weighted by atomic mass is 16.6. The topological polar surface area (TPSA) is 94.5 Å². The van der Waals surface area contributed by atoms with Gasteiger partial charge in [0.15, 0.2) is 0 Å². The Hall–Kier alpha value is -1.84. The van der Waals surface area contributed by atoms with Gasteiger partial charge in [-0.1, -0.05) is 50.7 Å². The molecule has 0 aromatic heterocycles. The summed E-state index contributed by atoms with van der Waals surface area (Å²) in [6.07, 6.45) is 8.88. The number of rotatable bonds is 22. The highest BCUT2D eigenvalue weighted by molar-refractivity contribution is 6.21. The average molecular weight is 480 g/mol. The van der Waals surface area contributed by atoms with Crippen LogP contribution in [0.15, 0.2) is 24.3 Å². The number of benzene rings is 1. The van der Waals surface area contributed by atoms with Gasteiger partial charge in [0.2, 0.25) is 0 Å². The number of aliphatic hydroxyl groups excluding tert-OH is 1. The molecule has 1 aromatic rings. The number of carbonyl (C=O) groups is 2. The number of nitrogens with zero attached hydrogens (tertiary/aromatic N) is 1. The third-order valence-corrected chi connectivity index (χ3v) is 5.65. The molecule has 1 aliphatic heterocycles. The molecule has 1 heterocycles. The number of aliphatic hydroxyl groups is 1. The minimum Gasteiger partial charge on any atom is -0.394 e. The van der Waals surface area contributed by atoms with Crippen LogP contribution in [0.5, 0.6) is 0 Å². The number of amides is 2. The van der Waals surface area contributed by atoms with Gasteiger partial charge < -0.3 is 24.1 Å². The maximum absolute atomic E-state index is 12.3. The van der Waals surface area contributed by atoms with Crippen molar-refractivity contribution in [3.63, 3.8) is 0 Å². The maximum Gasteiger partial charge on any atom is 0.261 e. The minimum absolute atomic E-state index is 0.0361. The van der Waals surface area contributed by atoms with Crippen molar-refractivity contribution in [2.75, 3.05) is 66.0 Å². The largest absolute Gasteiger partial charge is 0.394 e. The van der Waals surface area contributed by atoms with E-state index >= 15 is 0 Å². The monoisotopic (exact) mass is 479 g/mol. The van der Waals surface area contributed by atoms with E-state index in [1.54, 1.807) is 24.3 Å². The summed E-state index contributed by atoms with van der Waals surface area (Å²) in [5.41, 5.74) is 1.07. The lowest BCUT2D eigenvalue weighted by Crippen LogP contribution is -2.30. The van der Waals surface area contributed by atoms with Gasteiger partial charge in [-0.2, -0.15) is 0 Å². The van der Waals surface area contributed by atoms with E-state index in [4.69, 9.17) is 24.1 Å². The molecule has 0 aliphatic carbocycles. The normalized spacial score (nSPS) is 13.1. The van der Waals surface area contributed by atoms with Crippen molar-refractivity contribution in [1.29, 1.82) is 0 Å². The summed E-state index contributed by atoms with van der Waals surface area (Å²) in [6, 6.07) is 7.06. The molecule has 192 valence electrons. The quantitative estimate of drug-likeness (QED) is 0.201. The lowest BCUT2D eigenvalue weighted by atomic mass is 10.1. The fourth-order valence-electron chi connectivity index (χ4n) is 3.80. The molecule has 2 amide bonds. The van der Waals surface area contributed by atoms with Gasteiger partial charge in [-0.05, 0) is 25.0 Å². The first kappa shape index (κ1) is 28.4. The standard InChI is InChI=1S/C26H41NO7/c28-14-16-32-18-20-34-22-21-33-19-17-31-15-10-6-4-2-1-3-5-9-13-27-25(29)23-11-7-8-12-24(23)26(27)30/h7-8,11-12,28H,1-6,9-10,13-22H2. The average Bonchev–Trinajstić information content (AvgIpc) is 3.10. The van der Waals surface area contributed by atoms with E-state index in [0.29, 0.717) is 63.9 Å². The van der Waals surface area contributed by atoms with Crippen molar-refractivity contribution in [3.05, 3.63) is 35.4 Å². The molecule has 0 atom stereocenters. The van der Waals surface area contributed by atoms with E-state index in [1.807, 2.05) is 0 Å². The molecule has 1 N–H and O–H groups in total. The Morgan fingerprint density at radius 3 is 1.47 bits per heavy atom. The molecular formula is C26H41NO7. The summed E-state index contributed by atoms with van der Waals surface area (Å²) >= 11 is 0. The summed E-state index contributed by atoms with van der Waals surface area (Å²) in [5.74, 6) is -0.305. The highest BCUT2D eigenvalue weighted by Gasteiger charge is 2.34. The van der Waals surface area contributed by atoms with Gasteiger partial charge in [-0.25, -0.2) is 0 Å². The first-order chi connectivity index (χ1) is 16.8. The van der Waals surface area contributed by atoms with Crippen LogP contribution in [0.4, 0.5) is 0 Å². The SMILES string of the molecule is O=C1c2ccccc2C(=O)N1CCCCCCCCCCOCCOCCOCCOCCO. The smallest absolute Gasteiger partial charge is 0.261 e. The molecule has 0 bridgehead atoms.